The molecule has 128 valence electrons. The van der Waals surface area contributed by atoms with Gasteiger partial charge in [0.25, 0.3) is 5.91 Å². The monoisotopic (exact) mass is 327 g/mol. The first-order valence-electron chi connectivity index (χ1n) is 8.21. The SMILES string of the molecule is Cc1cccc(OCCCNC(=O)COc2c(C)cccc2C)c1. The van der Waals surface area contributed by atoms with Crippen molar-refractivity contribution in [1.82, 2.24) is 5.32 Å². The van der Waals surface area contributed by atoms with Gasteiger partial charge in [-0.25, -0.2) is 0 Å². The first-order valence-corrected chi connectivity index (χ1v) is 8.21. The van der Waals surface area contributed by atoms with Crippen LogP contribution in [0.4, 0.5) is 0 Å². The fourth-order valence-corrected chi connectivity index (χ4v) is 2.41. The van der Waals surface area contributed by atoms with Crippen LogP contribution in [0, 0.1) is 20.8 Å². The minimum Gasteiger partial charge on any atom is -0.494 e. The van der Waals surface area contributed by atoms with E-state index in [2.05, 4.69) is 5.32 Å². The predicted molar refractivity (Wildman–Crippen MR) is 95.7 cm³/mol. The Morgan fingerprint density at radius 2 is 1.71 bits per heavy atom. The molecule has 0 unspecified atom stereocenters. The molecule has 0 saturated carbocycles. The third-order valence-corrected chi connectivity index (χ3v) is 3.66. The molecular formula is C20H25NO3. The summed E-state index contributed by atoms with van der Waals surface area (Å²) in [6.45, 7) is 7.15. The molecule has 1 N–H and O–H groups in total. The van der Waals surface area contributed by atoms with Crippen LogP contribution >= 0.6 is 0 Å². The number of benzene rings is 2. The molecule has 2 rings (SSSR count). The molecule has 2 aromatic rings. The van der Waals surface area contributed by atoms with E-state index in [4.69, 9.17) is 9.47 Å². The lowest BCUT2D eigenvalue weighted by Crippen LogP contribution is -2.30. The van der Waals surface area contributed by atoms with Crippen LogP contribution in [-0.4, -0.2) is 25.7 Å². The summed E-state index contributed by atoms with van der Waals surface area (Å²) in [5.74, 6) is 1.53. The van der Waals surface area contributed by atoms with Crippen LogP contribution in [0.1, 0.15) is 23.1 Å². The van der Waals surface area contributed by atoms with E-state index in [1.807, 2.05) is 63.2 Å². The Labute approximate surface area is 143 Å². The average Bonchev–Trinajstić information content (AvgIpc) is 2.54. The van der Waals surface area contributed by atoms with Crippen molar-refractivity contribution in [2.24, 2.45) is 0 Å². The van der Waals surface area contributed by atoms with Gasteiger partial charge in [-0.05, 0) is 56.0 Å². The quantitative estimate of drug-likeness (QED) is 0.754. The fourth-order valence-electron chi connectivity index (χ4n) is 2.41. The van der Waals surface area contributed by atoms with E-state index in [1.165, 1.54) is 5.56 Å². The largest absolute Gasteiger partial charge is 0.494 e. The summed E-state index contributed by atoms with van der Waals surface area (Å²) in [7, 11) is 0. The number of rotatable bonds is 8. The van der Waals surface area contributed by atoms with Gasteiger partial charge in [-0.3, -0.25) is 4.79 Å². The van der Waals surface area contributed by atoms with Crippen molar-refractivity contribution in [1.29, 1.82) is 0 Å². The zero-order valence-corrected chi connectivity index (χ0v) is 14.6. The van der Waals surface area contributed by atoms with Crippen LogP contribution in [0.2, 0.25) is 0 Å². The van der Waals surface area contributed by atoms with E-state index in [9.17, 15) is 4.79 Å². The van der Waals surface area contributed by atoms with Gasteiger partial charge in [0.15, 0.2) is 6.61 Å². The van der Waals surface area contributed by atoms with Crippen LogP contribution in [-0.2, 0) is 4.79 Å². The summed E-state index contributed by atoms with van der Waals surface area (Å²) in [5, 5.41) is 2.85. The highest BCUT2D eigenvalue weighted by Crippen LogP contribution is 2.21. The van der Waals surface area contributed by atoms with E-state index in [0.29, 0.717) is 13.2 Å². The van der Waals surface area contributed by atoms with Gasteiger partial charge in [0.1, 0.15) is 11.5 Å². The van der Waals surface area contributed by atoms with Crippen LogP contribution in [0.5, 0.6) is 11.5 Å². The highest BCUT2D eigenvalue weighted by Gasteiger charge is 2.06. The lowest BCUT2D eigenvalue weighted by Gasteiger charge is -2.12. The molecule has 0 radical (unpaired) electrons. The third kappa shape index (κ3) is 5.61. The minimum atomic E-state index is -0.117. The summed E-state index contributed by atoms with van der Waals surface area (Å²) in [5.41, 5.74) is 3.24. The van der Waals surface area contributed by atoms with Crippen LogP contribution in [0.15, 0.2) is 42.5 Å². The molecule has 0 fully saturated rings. The Hall–Kier alpha value is -2.49. The standard InChI is InChI=1S/C20H25NO3/c1-15-7-4-10-18(13-15)23-12-6-11-21-19(22)14-24-20-16(2)8-5-9-17(20)3/h4-5,7-10,13H,6,11-12,14H2,1-3H3,(H,21,22). The first kappa shape index (κ1) is 17.9. The molecule has 0 aliphatic carbocycles. The number of amides is 1. The zero-order valence-electron chi connectivity index (χ0n) is 14.6. The number of aryl methyl sites for hydroxylation is 3. The lowest BCUT2D eigenvalue weighted by atomic mass is 10.1. The third-order valence-electron chi connectivity index (χ3n) is 3.66. The number of ether oxygens (including phenoxy) is 2. The summed E-state index contributed by atoms with van der Waals surface area (Å²) in [4.78, 5) is 11.8. The van der Waals surface area contributed by atoms with Gasteiger partial charge < -0.3 is 14.8 Å². The second-order valence-electron chi connectivity index (χ2n) is 5.88. The smallest absolute Gasteiger partial charge is 0.257 e. The van der Waals surface area contributed by atoms with Crippen molar-refractivity contribution in [3.05, 3.63) is 59.2 Å². The molecule has 0 aromatic heterocycles. The van der Waals surface area contributed by atoms with E-state index in [0.717, 1.165) is 29.0 Å². The maximum absolute atomic E-state index is 11.8. The highest BCUT2D eigenvalue weighted by atomic mass is 16.5. The van der Waals surface area contributed by atoms with Gasteiger partial charge in [-0.1, -0.05) is 30.3 Å². The molecule has 0 spiro atoms. The predicted octanol–water partition coefficient (Wildman–Crippen LogP) is 3.58. The van der Waals surface area contributed by atoms with E-state index < -0.39 is 0 Å². The molecule has 0 saturated heterocycles. The topological polar surface area (TPSA) is 47.6 Å². The fraction of sp³-hybridized carbons (Fsp3) is 0.350. The molecule has 0 aliphatic heterocycles. The van der Waals surface area contributed by atoms with Crippen LogP contribution in [0.25, 0.3) is 0 Å². The second kappa shape index (κ2) is 8.96. The van der Waals surface area contributed by atoms with Crippen molar-refractivity contribution >= 4 is 5.91 Å². The summed E-state index contributed by atoms with van der Waals surface area (Å²) in [6, 6.07) is 13.9. The molecule has 0 atom stereocenters. The maximum atomic E-state index is 11.8. The van der Waals surface area contributed by atoms with Crippen LogP contribution < -0.4 is 14.8 Å². The molecule has 1 amide bonds. The molecule has 0 bridgehead atoms. The Bertz CT molecular complexity index is 662. The highest BCUT2D eigenvalue weighted by molar-refractivity contribution is 5.77. The zero-order chi connectivity index (χ0) is 17.4. The molecule has 2 aromatic carbocycles. The molecule has 24 heavy (non-hydrogen) atoms. The summed E-state index contributed by atoms with van der Waals surface area (Å²) in [6.07, 6.45) is 0.753. The average molecular weight is 327 g/mol. The molecule has 0 aliphatic rings. The van der Waals surface area contributed by atoms with Gasteiger partial charge in [-0.2, -0.15) is 0 Å². The van der Waals surface area contributed by atoms with Crippen molar-refractivity contribution < 1.29 is 14.3 Å². The Balaban J connectivity index is 1.63. The van der Waals surface area contributed by atoms with Gasteiger partial charge >= 0.3 is 0 Å². The Morgan fingerprint density at radius 1 is 1.00 bits per heavy atom. The lowest BCUT2D eigenvalue weighted by molar-refractivity contribution is -0.123. The van der Waals surface area contributed by atoms with Gasteiger partial charge in [-0.15, -0.1) is 0 Å². The van der Waals surface area contributed by atoms with Gasteiger partial charge in [0.2, 0.25) is 0 Å². The number of carbonyl (C=O) groups is 1. The van der Waals surface area contributed by atoms with E-state index >= 15 is 0 Å². The molecular weight excluding hydrogens is 302 g/mol. The Morgan fingerprint density at radius 3 is 2.42 bits per heavy atom. The molecule has 0 heterocycles. The second-order valence-corrected chi connectivity index (χ2v) is 5.88. The van der Waals surface area contributed by atoms with Crippen LogP contribution in [0.3, 0.4) is 0 Å². The molecule has 4 heteroatoms. The minimum absolute atomic E-state index is 0.0322. The number of para-hydroxylation sites is 1. The Kier molecular flexibility index (Phi) is 6.67. The van der Waals surface area contributed by atoms with Crippen molar-refractivity contribution in [3.63, 3.8) is 0 Å². The summed E-state index contributed by atoms with van der Waals surface area (Å²) >= 11 is 0. The van der Waals surface area contributed by atoms with Gasteiger partial charge in [0.05, 0.1) is 6.61 Å². The van der Waals surface area contributed by atoms with E-state index in [-0.39, 0.29) is 12.5 Å². The van der Waals surface area contributed by atoms with Crippen molar-refractivity contribution in [3.8, 4) is 11.5 Å². The molecule has 4 nitrogen and oxygen atoms in total. The maximum Gasteiger partial charge on any atom is 0.257 e. The normalized spacial score (nSPS) is 10.3. The van der Waals surface area contributed by atoms with Crippen molar-refractivity contribution in [2.75, 3.05) is 19.8 Å². The first-order chi connectivity index (χ1) is 11.6. The van der Waals surface area contributed by atoms with Gasteiger partial charge in [0, 0.05) is 6.54 Å². The number of hydrogen-bond acceptors (Lipinski definition) is 3. The number of hydrogen-bond donors (Lipinski definition) is 1. The number of nitrogens with one attached hydrogen (secondary N) is 1. The van der Waals surface area contributed by atoms with Crippen molar-refractivity contribution in [2.45, 2.75) is 27.2 Å². The number of carbonyl (C=O) groups excluding carboxylic acids is 1. The van der Waals surface area contributed by atoms with E-state index in [1.54, 1.807) is 0 Å². The summed E-state index contributed by atoms with van der Waals surface area (Å²) < 4.78 is 11.3.